The zero-order valence-electron chi connectivity index (χ0n) is 25.4. The van der Waals surface area contributed by atoms with E-state index in [1.54, 1.807) is 6.08 Å². The topological polar surface area (TPSA) is 105 Å². The summed E-state index contributed by atoms with van der Waals surface area (Å²) in [4.78, 5) is 22.3. The Labute approximate surface area is 238 Å². The van der Waals surface area contributed by atoms with E-state index in [4.69, 9.17) is 9.05 Å². The van der Waals surface area contributed by atoms with Crippen LogP contribution in [0.5, 0.6) is 0 Å². The second-order valence-electron chi connectivity index (χ2n) is 11.1. The highest BCUT2D eigenvalue weighted by Crippen LogP contribution is 2.43. The smallest absolute Gasteiger partial charge is 0.387 e. The number of nitrogens with zero attached hydrogens (tertiary/aromatic N) is 1. The number of nitrogens with one attached hydrogen (secondary N) is 1. The first-order chi connectivity index (χ1) is 18.5. The van der Waals surface area contributed by atoms with Crippen LogP contribution in [0.2, 0.25) is 0 Å². The average molecular weight is 574 g/mol. The fourth-order valence-electron chi connectivity index (χ4n) is 3.58. The highest BCUT2D eigenvalue weighted by Gasteiger charge is 2.27. The molecule has 0 bridgehead atoms. The summed E-state index contributed by atoms with van der Waals surface area (Å²) in [5.41, 5.74) is 0. The van der Waals surface area contributed by atoms with Gasteiger partial charge in [0.15, 0.2) is 0 Å². The molecule has 0 aliphatic carbocycles. The second kappa shape index (κ2) is 23.4. The number of carbonyl (C=O) groups excluding carboxylic acids is 1. The molecule has 3 N–H and O–H groups in total. The van der Waals surface area contributed by atoms with Crippen molar-refractivity contribution < 1.29 is 32.9 Å². The Morgan fingerprint density at radius 1 is 0.846 bits per heavy atom. The molecular weight excluding hydrogens is 515 g/mol. The molecule has 3 atom stereocenters. The Morgan fingerprint density at radius 3 is 2.00 bits per heavy atom. The van der Waals surface area contributed by atoms with Crippen LogP contribution in [0.1, 0.15) is 97.3 Å². The zero-order chi connectivity index (χ0) is 29.4. The molecule has 3 unspecified atom stereocenters. The predicted molar refractivity (Wildman–Crippen MR) is 161 cm³/mol. The van der Waals surface area contributed by atoms with Crippen molar-refractivity contribution in [2.75, 3.05) is 40.9 Å². The molecule has 1 amide bonds. The van der Waals surface area contributed by atoms with Crippen molar-refractivity contribution in [2.24, 2.45) is 0 Å². The molecule has 0 aliphatic rings. The maximum Gasteiger partial charge on any atom is 0.472 e. The Morgan fingerprint density at radius 2 is 1.41 bits per heavy atom. The minimum absolute atomic E-state index is 0.0518. The largest absolute Gasteiger partial charge is 0.472 e. The molecular formula is C30H58N2O6P+. The van der Waals surface area contributed by atoms with E-state index >= 15 is 0 Å². The molecule has 0 aromatic rings. The lowest BCUT2D eigenvalue weighted by Gasteiger charge is -2.25. The third kappa shape index (κ3) is 25.4. The van der Waals surface area contributed by atoms with Gasteiger partial charge in [-0.25, -0.2) is 4.57 Å². The monoisotopic (exact) mass is 573 g/mol. The molecule has 0 aliphatic heterocycles. The summed E-state index contributed by atoms with van der Waals surface area (Å²) >= 11 is 0. The normalized spacial score (nSPS) is 15.8. The van der Waals surface area contributed by atoms with Crippen molar-refractivity contribution in [3.05, 3.63) is 36.5 Å². The van der Waals surface area contributed by atoms with Gasteiger partial charge in [0.1, 0.15) is 13.2 Å². The average Bonchev–Trinajstić information content (AvgIpc) is 2.86. The van der Waals surface area contributed by atoms with Crippen molar-refractivity contribution in [2.45, 2.75) is 109 Å². The first kappa shape index (κ1) is 37.7. The lowest BCUT2D eigenvalue weighted by Crippen LogP contribution is -2.45. The lowest BCUT2D eigenvalue weighted by molar-refractivity contribution is -0.870. The number of likely N-dealkylation sites (N-methyl/N-ethyl adjacent to an activating group) is 1. The standard InChI is InChI=1S/C30H57N2O6P/c1-6-8-10-11-12-13-14-15-16-17-18-19-20-21-22-23-29(33)28(31-30(34)24-9-7-2)27-38-39(35,36)37-26-25-32(3,4)5/h14-15,18-19,22-23,28-29,33H,6-13,16-17,20-21,24-27H2,1-5H3,(H-,31,34,35,36)/p+1/b15-14+,19-18+,23-22+. The van der Waals surface area contributed by atoms with Crippen LogP contribution in [0, 0.1) is 0 Å². The van der Waals surface area contributed by atoms with Crippen molar-refractivity contribution >= 4 is 13.7 Å². The van der Waals surface area contributed by atoms with E-state index in [0.29, 0.717) is 17.4 Å². The van der Waals surface area contributed by atoms with Gasteiger partial charge in [-0.1, -0.05) is 82.4 Å². The molecule has 8 nitrogen and oxygen atoms in total. The van der Waals surface area contributed by atoms with Gasteiger partial charge in [-0.15, -0.1) is 0 Å². The number of allylic oxidation sites excluding steroid dienone is 5. The Kier molecular flexibility index (Phi) is 22.7. The van der Waals surface area contributed by atoms with Crippen LogP contribution in [-0.2, 0) is 18.4 Å². The third-order valence-electron chi connectivity index (χ3n) is 6.09. The van der Waals surface area contributed by atoms with Gasteiger partial charge < -0.3 is 19.8 Å². The SMILES string of the molecule is CCCCCCC/C=C/CC/C=C/CC/C=C/C(O)C(COP(=O)(O)OCC[N+](C)(C)C)NC(=O)CCCC. The van der Waals surface area contributed by atoms with Gasteiger partial charge >= 0.3 is 7.82 Å². The van der Waals surface area contributed by atoms with E-state index < -0.39 is 20.0 Å². The molecule has 0 rings (SSSR count). The van der Waals surface area contributed by atoms with Crippen LogP contribution in [0.15, 0.2) is 36.5 Å². The maximum absolute atomic E-state index is 12.3. The molecule has 0 heterocycles. The van der Waals surface area contributed by atoms with Crippen LogP contribution in [-0.4, -0.2) is 73.4 Å². The number of phosphoric acid groups is 1. The van der Waals surface area contributed by atoms with Crippen molar-refractivity contribution in [1.82, 2.24) is 5.32 Å². The quantitative estimate of drug-likeness (QED) is 0.0502. The molecule has 228 valence electrons. The summed E-state index contributed by atoms with van der Waals surface area (Å²) in [6, 6.07) is -0.859. The van der Waals surface area contributed by atoms with Gasteiger partial charge in [-0.2, -0.15) is 0 Å². The first-order valence-corrected chi connectivity index (χ1v) is 16.4. The number of amides is 1. The molecule has 0 saturated carbocycles. The van der Waals surface area contributed by atoms with Gasteiger partial charge in [0.25, 0.3) is 0 Å². The zero-order valence-corrected chi connectivity index (χ0v) is 26.2. The second-order valence-corrected chi connectivity index (χ2v) is 12.6. The van der Waals surface area contributed by atoms with E-state index in [2.05, 4.69) is 36.5 Å². The van der Waals surface area contributed by atoms with E-state index in [0.717, 1.165) is 38.5 Å². The summed E-state index contributed by atoms with van der Waals surface area (Å²) in [5.74, 6) is -0.231. The number of quaternary nitrogens is 1. The Hall–Kier alpha value is -1.28. The first-order valence-electron chi connectivity index (χ1n) is 14.9. The Bertz CT molecular complexity index is 748. The highest BCUT2D eigenvalue weighted by molar-refractivity contribution is 7.47. The van der Waals surface area contributed by atoms with E-state index in [-0.39, 0.29) is 19.1 Å². The van der Waals surface area contributed by atoms with E-state index in [1.807, 2.05) is 34.1 Å². The summed E-state index contributed by atoms with van der Waals surface area (Å²) in [5, 5.41) is 13.4. The minimum Gasteiger partial charge on any atom is -0.387 e. The molecule has 0 saturated heterocycles. The van der Waals surface area contributed by atoms with Crippen molar-refractivity contribution in [3.63, 3.8) is 0 Å². The molecule has 9 heteroatoms. The summed E-state index contributed by atoms with van der Waals surface area (Å²) < 4.78 is 23.0. The minimum atomic E-state index is -4.31. The number of unbranched alkanes of at least 4 members (excludes halogenated alkanes) is 8. The fourth-order valence-corrected chi connectivity index (χ4v) is 4.31. The number of aliphatic hydroxyl groups is 1. The van der Waals surface area contributed by atoms with Gasteiger partial charge in [0.05, 0.1) is 39.9 Å². The number of aliphatic hydroxyl groups excluding tert-OH is 1. The van der Waals surface area contributed by atoms with Crippen LogP contribution < -0.4 is 5.32 Å². The van der Waals surface area contributed by atoms with Crippen LogP contribution in [0.3, 0.4) is 0 Å². The van der Waals surface area contributed by atoms with Gasteiger partial charge in [-0.05, 0) is 44.9 Å². The van der Waals surface area contributed by atoms with Crippen molar-refractivity contribution in [1.29, 1.82) is 0 Å². The van der Waals surface area contributed by atoms with Crippen molar-refractivity contribution in [3.8, 4) is 0 Å². The van der Waals surface area contributed by atoms with Crippen LogP contribution >= 0.6 is 7.82 Å². The molecule has 0 spiro atoms. The number of rotatable bonds is 25. The van der Waals surface area contributed by atoms with Gasteiger partial charge in [-0.3, -0.25) is 13.8 Å². The highest BCUT2D eigenvalue weighted by atomic mass is 31.2. The molecule has 39 heavy (non-hydrogen) atoms. The molecule has 0 aromatic heterocycles. The van der Waals surface area contributed by atoms with Gasteiger partial charge in [0.2, 0.25) is 5.91 Å². The molecule has 0 fully saturated rings. The fraction of sp³-hybridized carbons (Fsp3) is 0.767. The lowest BCUT2D eigenvalue weighted by atomic mass is 10.1. The number of carbonyl (C=O) groups is 1. The Balaban J connectivity index is 4.51. The maximum atomic E-state index is 12.3. The number of phosphoric ester groups is 1. The number of hydrogen-bond donors (Lipinski definition) is 3. The van der Waals surface area contributed by atoms with Crippen LogP contribution in [0.4, 0.5) is 0 Å². The third-order valence-corrected chi connectivity index (χ3v) is 7.07. The van der Waals surface area contributed by atoms with E-state index in [1.165, 1.54) is 38.5 Å². The molecule has 0 radical (unpaired) electrons. The summed E-state index contributed by atoms with van der Waals surface area (Å²) in [6.07, 6.45) is 24.6. The summed E-state index contributed by atoms with van der Waals surface area (Å²) in [7, 11) is 1.53. The van der Waals surface area contributed by atoms with Crippen LogP contribution in [0.25, 0.3) is 0 Å². The predicted octanol–water partition coefficient (Wildman–Crippen LogP) is 6.45. The number of hydrogen-bond acceptors (Lipinski definition) is 5. The molecule has 0 aromatic carbocycles. The van der Waals surface area contributed by atoms with E-state index in [9.17, 15) is 19.4 Å². The summed E-state index contributed by atoms with van der Waals surface area (Å²) in [6.45, 7) is 4.47. The van der Waals surface area contributed by atoms with Gasteiger partial charge in [0, 0.05) is 6.42 Å².